The van der Waals surface area contributed by atoms with Crippen LogP contribution in [-0.4, -0.2) is 181 Å². The minimum Gasteiger partial charge on any atom is -0.399 e. The molecular formula is C93H94N24O19S2. The average Bonchev–Trinajstić information content (AvgIpc) is 1.62. The van der Waals surface area contributed by atoms with Gasteiger partial charge >= 0.3 is 28.3 Å². The Kier molecular flexibility index (Phi) is 31.2. The molecule has 9 aromatic carbocycles. The molecule has 0 radical (unpaired) electrons. The number of nitrogens with one attached hydrogen (secondary N) is 5. The zero-order chi connectivity index (χ0) is 101. The fraction of sp³-hybridized carbons (Fsp3) is 0.183. The number of imide groups is 5. The number of aromatic nitrogens is 7. The predicted octanol–water partition coefficient (Wildman–Crippen LogP) is 6.03. The molecule has 4 aromatic heterocycles. The van der Waals surface area contributed by atoms with Crippen LogP contribution in [0.4, 0.5) is 76.7 Å². The lowest BCUT2D eigenvalue weighted by atomic mass is 10.0. The molecule has 0 saturated carbocycles. The zero-order valence-electron chi connectivity index (χ0n) is 75.5. The number of ether oxygens (including phenoxy) is 1. The first-order valence-electron chi connectivity index (χ1n) is 41.5. The second kappa shape index (κ2) is 42.8. The van der Waals surface area contributed by atoms with Gasteiger partial charge in [-0.25, -0.2) is 29.0 Å². The molecule has 0 aliphatic carbocycles. The van der Waals surface area contributed by atoms with Crippen LogP contribution in [0.3, 0.4) is 0 Å². The van der Waals surface area contributed by atoms with Crippen molar-refractivity contribution in [3.63, 3.8) is 0 Å². The van der Waals surface area contributed by atoms with Crippen LogP contribution < -0.4 is 99.2 Å². The highest BCUT2D eigenvalue weighted by atomic mass is 32.1. The highest BCUT2D eigenvalue weighted by molar-refractivity contribution is 7.19. The Hall–Kier alpha value is -17.9. The SMILES string of the molecule is CN1C(=O)N(CC(=O)Nc2ccc(N)cc2)C(C)(C)C1=O.Cc1ccc(N)cc1CN1C(=O)N(C)C(C)(C)C1=O.Cc1ccc(N)cc1Cn1c(=O)ccn(C)c1=O.Nc1ccc(N2C(=O)COCC2=O)cc1.Nc1ccc2c(=O)[nH]c(=O)[nH]c2c1.Nc1ccc2sc(=O)[nH]c(=O)c2c1.Nc1cccc(NC(=O)CN2C(=O)c3ccccc3C2=O)c1.Nc1nnc(N2C(=O)c3ccccc3C2=O)s1. The molecule has 14 amide bonds. The molecule has 5 aliphatic rings. The van der Waals surface area contributed by atoms with Crippen molar-refractivity contribution in [3.8, 4) is 0 Å². The molecule has 3 fully saturated rings. The molecule has 3 saturated heterocycles. The van der Waals surface area contributed by atoms with Crippen molar-refractivity contribution < 1.29 is 62.3 Å². The van der Waals surface area contributed by atoms with E-state index in [2.05, 4.69) is 35.8 Å². The fourth-order valence-corrected chi connectivity index (χ4v) is 15.2. The Morgan fingerprint density at radius 2 is 0.949 bits per heavy atom. The van der Waals surface area contributed by atoms with Crippen LogP contribution >= 0.6 is 22.7 Å². The molecule has 0 spiro atoms. The van der Waals surface area contributed by atoms with Crippen LogP contribution in [0.1, 0.15) is 91.4 Å². The van der Waals surface area contributed by atoms with E-state index in [9.17, 15) is 86.3 Å². The number of benzene rings is 9. The van der Waals surface area contributed by atoms with E-state index in [1.165, 1.54) is 43.1 Å². The number of nitrogens with zero attached hydrogens (tertiary/aromatic N) is 11. The van der Waals surface area contributed by atoms with E-state index in [1.54, 1.807) is 218 Å². The van der Waals surface area contributed by atoms with Gasteiger partial charge in [0.15, 0.2) is 0 Å². The largest absolute Gasteiger partial charge is 0.399 e. The third-order valence-corrected chi connectivity index (χ3v) is 23.2. The molecule has 5 aliphatic heterocycles. The Morgan fingerprint density at radius 3 is 1.49 bits per heavy atom. The number of carbonyl (C=O) groups excluding carboxylic acids is 12. The molecule has 0 bridgehead atoms. The lowest BCUT2D eigenvalue weighted by Crippen LogP contribution is -2.47. The van der Waals surface area contributed by atoms with E-state index < -0.39 is 46.1 Å². The summed E-state index contributed by atoms with van der Waals surface area (Å²) in [5.41, 5.74) is 52.1. The van der Waals surface area contributed by atoms with E-state index in [1.807, 2.05) is 32.0 Å². The van der Waals surface area contributed by atoms with Crippen LogP contribution in [0, 0.1) is 13.8 Å². The summed E-state index contributed by atoms with van der Waals surface area (Å²) >= 11 is 2.00. The molecule has 138 heavy (non-hydrogen) atoms. The molecule has 9 heterocycles. The molecule has 43 nitrogen and oxygen atoms in total. The average molecular weight is 1920 g/mol. The first-order valence-corrected chi connectivity index (χ1v) is 43.1. The van der Waals surface area contributed by atoms with Gasteiger partial charge in [0.2, 0.25) is 22.1 Å². The second-order valence-corrected chi connectivity index (χ2v) is 34.1. The second-order valence-electron chi connectivity index (χ2n) is 32.1. The van der Waals surface area contributed by atoms with Crippen molar-refractivity contribution in [2.75, 3.05) is 107 Å². The number of morpholine rings is 1. The summed E-state index contributed by atoms with van der Waals surface area (Å²) in [5.74, 6) is -3.72. The summed E-state index contributed by atoms with van der Waals surface area (Å²) in [6.07, 6.45) is 1.47. The van der Waals surface area contributed by atoms with Gasteiger partial charge in [-0.1, -0.05) is 65.1 Å². The molecule has 13 aromatic rings. The monoisotopic (exact) mass is 1910 g/mol. The number of rotatable bonds is 12. The van der Waals surface area contributed by atoms with Crippen molar-refractivity contribution in [2.24, 2.45) is 7.05 Å². The molecule has 712 valence electrons. The first-order chi connectivity index (χ1) is 65.2. The van der Waals surface area contributed by atoms with Gasteiger partial charge in [0.25, 0.3) is 63.9 Å². The summed E-state index contributed by atoms with van der Waals surface area (Å²) in [4.78, 5) is 226. The summed E-state index contributed by atoms with van der Waals surface area (Å²) < 4.78 is 8.03. The number of nitrogen functional groups attached to an aromatic ring is 8. The van der Waals surface area contributed by atoms with Crippen LogP contribution in [-0.2, 0) is 53.6 Å². The minimum atomic E-state index is -1.02. The number of anilines is 12. The topological polar surface area (TPSA) is 654 Å². The molecular weight excluding hydrogens is 1820 g/mol. The lowest BCUT2D eigenvalue weighted by Gasteiger charge is -2.27. The van der Waals surface area contributed by atoms with Gasteiger partial charge in [0, 0.05) is 89.3 Å². The summed E-state index contributed by atoms with van der Waals surface area (Å²) in [6.45, 7) is 10.5. The highest BCUT2D eigenvalue weighted by Crippen LogP contribution is 2.33. The van der Waals surface area contributed by atoms with Crippen LogP contribution in [0.25, 0.3) is 21.0 Å². The molecule has 18 rings (SSSR count). The maximum atomic E-state index is 12.3. The number of urea groups is 2. The van der Waals surface area contributed by atoms with E-state index in [-0.39, 0.29) is 119 Å². The van der Waals surface area contributed by atoms with Gasteiger partial charge in [-0.05, 0) is 215 Å². The number of carbonyl (C=O) groups is 12. The zero-order valence-corrected chi connectivity index (χ0v) is 77.1. The third-order valence-electron chi connectivity index (χ3n) is 21.6. The quantitative estimate of drug-likeness (QED) is 0.0377. The number of H-pyrrole nitrogens is 3. The van der Waals surface area contributed by atoms with E-state index in [4.69, 9.17) is 50.6 Å². The molecule has 0 atom stereocenters. The standard InChI is InChI=1S/C16H13N3O3.C14H18N4O3.C14H19N3O2.C13H15N3O2.C10H6N4O2S.C10H10N2O3.C8H7N3O2.C8H6N2O2S/c17-10-4-3-5-11(8-10)18-14(20)9-19-15(21)12-6-1-2-7-13(12)16(19)22;1-14(2)12(20)17(3)13(21)18(14)8-11(19)16-10-6-4-9(15)5-7-10;1-9-5-6-11(15)7-10(9)8-17-12(18)14(2,3)16(4)13(17)19;1-9-3-4-11(14)7-10(9)8-16-12(17)5-6-15(2)13(16)18;11-9-12-13-10(17-9)14-7(15)5-3-1-2-4-6(5)8(14)16;11-7-1-3-8(4-2-7)12-9(13)5-15-6-10(12)14;9-4-1-2-5-6(3-4)10-8(13)11-7(5)12;9-4-1-2-6-5(3-4)7(11)10-8(12)13-6/h1-8H,9,17H2,(H,18,20);4-7H,8,15H2,1-3H3,(H,16,19);5-7H,8,15H2,1-4H3;3-7H,8,14H2,1-2H3;1-4H,(H2,11,12);1-4H,5-6,11H2;1-3H,9H2,(H2,10,11,12,13);1-3H,9H2,(H,10,11,12). The van der Waals surface area contributed by atoms with Gasteiger partial charge < -0.3 is 80.6 Å². The van der Waals surface area contributed by atoms with Crippen molar-refractivity contribution >= 4 is 182 Å². The normalized spacial score (nSPS) is 14.2. The summed E-state index contributed by atoms with van der Waals surface area (Å²) in [5, 5.41) is 13.9. The van der Waals surface area contributed by atoms with E-state index in [0.29, 0.717) is 100 Å². The molecule has 21 N–H and O–H groups in total. The van der Waals surface area contributed by atoms with Crippen LogP contribution in [0.2, 0.25) is 0 Å². The molecule has 45 heteroatoms. The van der Waals surface area contributed by atoms with Gasteiger partial charge in [0.05, 0.1) is 57.3 Å². The number of hydrogen-bond donors (Lipinski definition) is 13. The molecule has 0 unspecified atom stereocenters. The summed E-state index contributed by atoms with van der Waals surface area (Å²) in [7, 11) is 4.67. The number of nitrogens with two attached hydrogens (primary N) is 8. The number of aromatic amines is 3. The van der Waals surface area contributed by atoms with Crippen molar-refractivity contribution in [3.05, 3.63) is 313 Å². The number of fused-ring (bicyclic) bond motifs is 4. The van der Waals surface area contributed by atoms with Crippen molar-refractivity contribution in [2.45, 2.75) is 65.7 Å². The number of likely N-dealkylation sites (N-methyl/N-ethyl adjacent to an activating group) is 2. The Labute approximate surface area is 790 Å². The van der Waals surface area contributed by atoms with Gasteiger partial charge in [-0.3, -0.25) is 96.4 Å². The Balaban J connectivity index is 0.000000152. The lowest BCUT2D eigenvalue weighted by molar-refractivity contribution is -0.138. The first kappa shape index (κ1) is 101. The maximum Gasteiger partial charge on any atom is 0.331 e. The maximum absolute atomic E-state index is 12.3. The fourth-order valence-electron chi connectivity index (χ4n) is 13.9. The van der Waals surface area contributed by atoms with Gasteiger partial charge in [-0.15, -0.1) is 10.2 Å². The van der Waals surface area contributed by atoms with Crippen molar-refractivity contribution in [1.29, 1.82) is 0 Å². The highest BCUT2D eigenvalue weighted by Gasteiger charge is 2.51. The van der Waals surface area contributed by atoms with E-state index in [0.717, 1.165) is 64.5 Å². The predicted molar refractivity (Wildman–Crippen MR) is 523 cm³/mol. The Bertz CT molecular complexity index is 7310. The number of hydrogen-bond acceptors (Lipinski definition) is 31. The summed E-state index contributed by atoms with van der Waals surface area (Å²) in [6, 6.07) is 54.3. The third kappa shape index (κ3) is 23.6. The Morgan fingerprint density at radius 1 is 0.449 bits per heavy atom. The number of amides is 14. The number of aryl methyl sites for hydroxylation is 3. The van der Waals surface area contributed by atoms with Crippen LogP contribution in [0.5, 0.6) is 0 Å². The van der Waals surface area contributed by atoms with Gasteiger partial charge in [-0.2, -0.15) is 0 Å². The minimum absolute atomic E-state index is 0.0594. The smallest absolute Gasteiger partial charge is 0.331 e. The van der Waals surface area contributed by atoms with Gasteiger partial charge in [0.1, 0.15) is 37.4 Å². The van der Waals surface area contributed by atoms with E-state index >= 15 is 0 Å². The van der Waals surface area contributed by atoms with Crippen LogP contribution in [0.15, 0.2) is 235 Å². The van der Waals surface area contributed by atoms with Crippen molar-refractivity contribution in [1.82, 2.24) is 58.8 Å².